The maximum atomic E-state index is 9.75. The number of furan rings is 1. The smallest absolute Gasteiger partial charge is 0.143 e. The van der Waals surface area contributed by atoms with Crippen molar-refractivity contribution in [3.05, 3.63) is 187 Å². The molecule has 1 heterocycles. The van der Waals surface area contributed by atoms with E-state index in [0.717, 1.165) is 0 Å². The highest BCUT2D eigenvalue weighted by Gasteiger charge is 2.21. The Labute approximate surface area is 333 Å². The van der Waals surface area contributed by atoms with Crippen molar-refractivity contribution < 1.29 is 46.9 Å². The number of nitrogens with zero attached hydrogens (tertiary/aromatic N) is 1. The van der Waals surface area contributed by atoms with E-state index >= 15 is 0 Å². The first-order valence-electron chi connectivity index (χ1n) is 30.1. The molecule has 0 amide bonds. The average Bonchev–Trinajstić information content (AvgIpc) is 4.11. The van der Waals surface area contributed by atoms with E-state index in [9.17, 15) is 13.7 Å². The van der Waals surface area contributed by atoms with Crippen molar-refractivity contribution in [3.63, 3.8) is 0 Å². The molecular weight excluding hydrogens is 607 g/mol. The normalized spacial score (nSPS) is 20.3. The van der Waals surface area contributed by atoms with E-state index in [4.69, 9.17) is 33.2 Å². The minimum absolute atomic E-state index is 0.392. The fraction of sp³-hybridized carbons (Fsp3) is 0. The Morgan fingerprint density at radius 2 is 0.860 bits per heavy atom. The van der Waals surface area contributed by atoms with Gasteiger partial charge in [0, 0.05) is 22.1 Å². The van der Waals surface area contributed by atoms with E-state index in [1.807, 2.05) is 0 Å². The standard InChI is InChI=1S/C48H31NO/c1-4-15-39-32(10-1)13-7-18-41(39)35-22-27-37(28-23-35)49(38-29-24-36(25-30-38)42-19-8-14-33-11-2-5-16-40(33)42)45-20-9-21-46-47(45)44-31-26-34-12-3-6-17-43(34)48(44)50-46/h1-31H/i1D,2D,3D,4D,5D,6D,7D,8D,9D,10D,11D,12D,13D,14D,15D,16D,17D,18D,19D,20D,21D,22D,23D,24D,25D,26D,27D,28D,29D,30D,31D. The van der Waals surface area contributed by atoms with Gasteiger partial charge in [-0.15, -0.1) is 0 Å². The maximum Gasteiger partial charge on any atom is 0.143 e. The van der Waals surface area contributed by atoms with Crippen LogP contribution in [0.15, 0.2) is 192 Å². The molecule has 0 aliphatic rings. The third-order valence-electron chi connectivity index (χ3n) is 7.75. The molecule has 0 aliphatic carbocycles. The summed E-state index contributed by atoms with van der Waals surface area (Å²) in [5.74, 6) is 0. The van der Waals surface area contributed by atoms with Crippen molar-refractivity contribution in [1.29, 1.82) is 0 Å². The van der Waals surface area contributed by atoms with E-state index in [0.29, 0.717) is 4.90 Å². The number of anilines is 3. The van der Waals surface area contributed by atoms with E-state index in [1.165, 1.54) is 0 Å². The minimum atomic E-state index is -1.30. The number of fused-ring (bicyclic) bond motifs is 7. The summed E-state index contributed by atoms with van der Waals surface area (Å²) in [5, 5.41) is -5.20. The van der Waals surface area contributed by atoms with Crippen LogP contribution in [-0.4, -0.2) is 0 Å². The Kier molecular flexibility index (Phi) is 2.58. The topological polar surface area (TPSA) is 16.4 Å². The van der Waals surface area contributed by atoms with E-state index in [1.54, 1.807) is 0 Å². The van der Waals surface area contributed by atoms with Gasteiger partial charge >= 0.3 is 0 Å². The molecule has 0 saturated heterocycles. The van der Waals surface area contributed by atoms with Gasteiger partial charge in [0.05, 0.1) is 53.6 Å². The summed E-state index contributed by atoms with van der Waals surface area (Å²) in [6, 6.07) is -31.4. The maximum absolute atomic E-state index is 9.75. The minimum Gasteiger partial charge on any atom is -0.455 e. The van der Waals surface area contributed by atoms with Crippen LogP contribution in [-0.2, 0) is 0 Å². The fourth-order valence-electron chi connectivity index (χ4n) is 5.54. The van der Waals surface area contributed by atoms with Crippen molar-refractivity contribution in [2.75, 3.05) is 4.90 Å². The van der Waals surface area contributed by atoms with Gasteiger partial charge in [-0.1, -0.05) is 145 Å². The first-order chi connectivity index (χ1) is 37.7. The van der Waals surface area contributed by atoms with Crippen molar-refractivity contribution in [3.8, 4) is 22.3 Å². The van der Waals surface area contributed by atoms with Crippen molar-refractivity contribution in [2.24, 2.45) is 0 Å². The predicted octanol–water partition coefficient (Wildman–Crippen LogP) is 13.8. The zero-order valence-corrected chi connectivity index (χ0v) is 24.9. The highest BCUT2D eigenvalue weighted by Crippen LogP contribution is 2.45. The van der Waals surface area contributed by atoms with Crippen molar-refractivity contribution in [1.82, 2.24) is 0 Å². The number of hydrogen-bond donors (Lipinski definition) is 0. The molecule has 50 heavy (non-hydrogen) atoms. The van der Waals surface area contributed by atoms with Gasteiger partial charge in [-0.05, 0) is 91.5 Å². The summed E-state index contributed by atoms with van der Waals surface area (Å²) >= 11 is 0. The molecule has 0 bridgehead atoms. The molecule has 0 atom stereocenters. The molecule has 0 radical (unpaired) electrons. The predicted molar refractivity (Wildman–Crippen MR) is 212 cm³/mol. The Balaban J connectivity index is 1.45. The van der Waals surface area contributed by atoms with Gasteiger partial charge in [0.15, 0.2) is 0 Å². The molecule has 2 heteroatoms. The summed E-state index contributed by atoms with van der Waals surface area (Å²) < 4.78 is 285. The second-order valence-electron chi connectivity index (χ2n) is 10.5. The summed E-state index contributed by atoms with van der Waals surface area (Å²) in [4.78, 5) is 0.392. The average molecular weight is 669 g/mol. The Hall–Kier alpha value is -6.64. The van der Waals surface area contributed by atoms with E-state index in [-0.39, 0.29) is 0 Å². The van der Waals surface area contributed by atoms with Crippen LogP contribution in [0, 0.1) is 0 Å². The van der Waals surface area contributed by atoms with Gasteiger partial charge < -0.3 is 9.32 Å². The number of rotatable bonds is 5. The summed E-state index contributed by atoms with van der Waals surface area (Å²) in [7, 11) is 0. The lowest BCUT2D eigenvalue weighted by atomic mass is 9.97. The SMILES string of the molecule is [2H]c1c([2H])c(N(c2c([2H])c([2H])c(-c3c([2H])c([2H])c([2H])c4c([2H])c([2H])c([2H])c([2H])c34)c([2H])c2[2H])c2c([2H])c([2H])c([2H])c3oc4c5c([2H])c([2H])c([2H])c([2H])c5c([2H])c([2H])c4c23)c([2H])c([2H])c1-c1c([2H])c([2H])c([2H])c2c([2H])c([2H])c([2H])c([2H])c12. The summed E-state index contributed by atoms with van der Waals surface area (Å²) in [6.07, 6.45) is 0. The van der Waals surface area contributed by atoms with E-state index < -0.39 is 281 Å². The first kappa shape index (κ1) is 11.2. The van der Waals surface area contributed by atoms with Crippen LogP contribution in [0.3, 0.4) is 0 Å². The molecule has 10 rings (SSSR count). The van der Waals surface area contributed by atoms with Gasteiger partial charge in [-0.25, -0.2) is 0 Å². The quantitative estimate of drug-likeness (QED) is 0.181. The van der Waals surface area contributed by atoms with Gasteiger partial charge in [0.1, 0.15) is 11.2 Å². The van der Waals surface area contributed by atoms with Crippen LogP contribution < -0.4 is 4.90 Å². The molecule has 2 nitrogen and oxygen atoms in total. The zero-order valence-electron chi connectivity index (χ0n) is 55.9. The molecule has 0 saturated carbocycles. The van der Waals surface area contributed by atoms with Crippen LogP contribution in [0.4, 0.5) is 17.1 Å². The highest BCUT2D eigenvalue weighted by atomic mass is 16.3. The van der Waals surface area contributed by atoms with Crippen LogP contribution in [0.2, 0.25) is 0 Å². The lowest BCUT2D eigenvalue weighted by Crippen LogP contribution is -2.10. The molecule has 10 aromatic rings. The second-order valence-corrected chi connectivity index (χ2v) is 10.5. The molecule has 0 N–H and O–H groups in total. The van der Waals surface area contributed by atoms with Crippen LogP contribution in [0.25, 0.3) is 76.5 Å². The van der Waals surface area contributed by atoms with Crippen LogP contribution >= 0.6 is 0 Å². The summed E-state index contributed by atoms with van der Waals surface area (Å²) in [6.45, 7) is 0. The van der Waals surface area contributed by atoms with Gasteiger partial charge in [0.25, 0.3) is 0 Å². The van der Waals surface area contributed by atoms with Crippen LogP contribution in [0.5, 0.6) is 0 Å². The third-order valence-corrected chi connectivity index (χ3v) is 7.75. The number of benzene rings is 9. The molecule has 234 valence electrons. The first-order valence-corrected chi connectivity index (χ1v) is 14.6. The highest BCUT2D eigenvalue weighted by molar-refractivity contribution is 6.19. The van der Waals surface area contributed by atoms with Crippen molar-refractivity contribution in [2.45, 2.75) is 0 Å². The Morgan fingerprint density at radius 1 is 0.380 bits per heavy atom. The van der Waals surface area contributed by atoms with Gasteiger partial charge in [-0.3, -0.25) is 0 Å². The molecule has 9 aromatic carbocycles. The molecular formula is C48H31NO. The van der Waals surface area contributed by atoms with Crippen molar-refractivity contribution >= 4 is 71.3 Å². The van der Waals surface area contributed by atoms with Crippen LogP contribution in [0.1, 0.15) is 42.5 Å². The molecule has 0 fully saturated rings. The zero-order chi connectivity index (χ0) is 60.0. The monoisotopic (exact) mass is 668 g/mol. The van der Waals surface area contributed by atoms with Gasteiger partial charge in [-0.2, -0.15) is 0 Å². The molecule has 1 aromatic heterocycles. The number of hydrogen-bond acceptors (Lipinski definition) is 2. The molecule has 0 unspecified atom stereocenters. The van der Waals surface area contributed by atoms with Gasteiger partial charge in [0.2, 0.25) is 0 Å². The fourth-order valence-corrected chi connectivity index (χ4v) is 5.54. The lowest BCUT2D eigenvalue weighted by Gasteiger charge is -2.27. The lowest BCUT2D eigenvalue weighted by molar-refractivity contribution is 0.672. The largest absolute Gasteiger partial charge is 0.455 e. The van der Waals surface area contributed by atoms with E-state index in [2.05, 4.69) is 0 Å². The third kappa shape index (κ3) is 4.57. The molecule has 0 spiro atoms. The summed E-state index contributed by atoms with van der Waals surface area (Å²) in [5.41, 5.74) is -8.30. The molecule has 0 aliphatic heterocycles. The Morgan fingerprint density at radius 3 is 1.44 bits per heavy atom. The Bertz CT molecular complexity index is 4400. The second kappa shape index (κ2) is 11.5.